The fourth-order valence-electron chi connectivity index (χ4n) is 3.16. The van der Waals surface area contributed by atoms with Crippen molar-refractivity contribution in [3.63, 3.8) is 0 Å². The fourth-order valence-corrected chi connectivity index (χ4v) is 4.02. The molecule has 2 aromatic heterocycles. The number of aryl methyl sites for hydroxylation is 1. The van der Waals surface area contributed by atoms with Gasteiger partial charge in [-0.05, 0) is 12.5 Å². The molecule has 3 heterocycles. The molecule has 124 valence electrons. The molecule has 1 aliphatic heterocycles. The van der Waals surface area contributed by atoms with Crippen LogP contribution in [0.1, 0.15) is 22.0 Å². The number of hydrogen-bond acceptors (Lipinski definition) is 6. The number of rotatable bonds is 3. The summed E-state index contributed by atoms with van der Waals surface area (Å²) in [6.45, 7) is 4.88. The first-order valence-electron chi connectivity index (χ1n) is 8.18. The van der Waals surface area contributed by atoms with E-state index in [9.17, 15) is 0 Å². The van der Waals surface area contributed by atoms with E-state index in [4.69, 9.17) is 10.2 Å². The van der Waals surface area contributed by atoms with Crippen molar-refractivity contribution in [3.8, 4) is 0 Å². The van der Waals surface area contributed by atoms with E-state index >= 15 is 0 Å². The second-order valence-electron chi connectivity index (χ2n) is 6.05. The maximum Gasteiger partial charge on any atom is 0.192 e. The number of oxazole rings is 1. The van der Waals surface area contributed by atoms with Crippen LogP contribution >= 0.6 is 11.3 Å². The molecule has 0 fully saturated rings. The number of anilines is 1. The summed E-state index contributed by atoms with van der Waals surface area (Å²) in [5, 5.41) is 0.698. The zero-order chi connectivity index (χ0) is 16.5. The van der Waals surface area contributed by atoms with Crippen LogP contribution in [0.15, 0.2) is 28.7 Å². The van der Waals surface area contributed by atoms with Crippen molar-refractivity contribution >= 4 is 33.6 Å². The van der Waals surface area contributed by atoms with Gasteiger partial charge >= 0.3 is 0 Å². The van der Waals surface area contributed by atoms with Crippen molar-refractivity contribution in [2.24, 2.45) is 0 Å². The Kier molecular flexibility index (Phi) is 4.08. The molecule has 0 unspecified atom stereocenters. The van der Waals surface area contributed by atoms with Crippen molar-refractivity contribution < 1.29 is 4.42 Å². The first kappa shape index (κ1) is 15.4. The topological polar surface area (TPSA) is 68.2 Å². The molecule has 0 aliphatic carbocycles. The molecular weight excluding hydrogens is 320 g/mol. The summed E-state index contributed by atoms with van der Waals surface area (Å²) in [4.78, 5) is 12.7. The minimum absolute atomic E-state index is 0.698. The summed E-state index contributed by atoms with van der Waals surface area (Å²) in [6, 6.07) is 6.04. The van der Waals surface area contributed by atoms with Gasteiger partial charge in [-0.2, -0.15) is 0 Å². The summed E-state index contributed by atoms with van der Waals surface area (Å²) in [5.74, 6) is 0.705. The molecule has 5 nitrogen and oxygen atoms in total. The summed E-state index contributed by atoms with van der Waals surface area (Å²) >= 11 is 1.63. The number of benzene rings is 1. The number of nitrogens with two attached hydrogens (primary N) is 1. The number of aromatic nitrogens is 2. The molecule has 0 amide bonds. The normalized spacial score (nSPS) is 15.9. The second kappa shape index (κ2) is 6.37. The van der Waals surface area contributed by atoms with E-state index in [1.54, 1.807) is 11.3 Å². The predicted octanol–water partition coefficient (Wildman–Crippen LogP) is 3.29. The maximum absolute atomic E-state index is 5.80. The molecule has 6 heteroatoms. The van der Waals surface area contributed by atoms with Gasteiger partial charge in [0.2, 0.25) is 0 Å². The second-order valence-corrected chi connectivity index (χ2v) is 7.17. The summed E-state index contributed by atoms with van der Waals surface area (Å²) in [6.07, 6.45) is 6.37. The highest BCUT2D eigenvalue weighted by molar-refractivity contribution is 7.15. The summed E-state index contributed by atoms with van der Waals surface area (Å²) in [7, 11) is 0. The van der Waals surface area contributed by atoms with E-state index in [1.165, 1.54) is 10.6 Å². The Morgan fingerprint density at radius 1 is 1.29 bits per heavy atom. The van der Waals surface area contributed by atoms with Gasteiger partial charge < -0.3 is 10.2 Å². The lowest BCUT2D eigenvalue weighted by molar-refractivity contribution is 0.318. The fraction of sp³-hybridized carbons (Fsp3) is 0.333. The van der Waals surface area contributed by atoms with Crippen LogP contribution in [-0.4, -0.2) is 34.5 Å². The van der Waals surface area contributed by atoms with Crippen LogP contribution < -0.4 is 5.73 Å². The van der Waals surface area contributed by atoms with E-state index in [0.717, 1.165) is 49.1 Å². The third-order valence-corrected chi connectivity index (χ3v) is 5.32. The van der Waals surface area contributed by atoms with Crippen LogP contribution in [0.3, 0.4) is 0 Å². The Balaban J connectivity index is 1.43. The molecule has 0 bridgehead atoms. The van der Waals surface area contributed by atoms with Crippen LogP contribution in [0.25, 0.3) is 17.2 Å². The quantitative estimate of drug-likeness (QED) is 0.792. The Morgan fingerprint density at radius 2 is 2.17 bits per heavy atom. The standard InChI is InChI=1S/C18H20N4OS/c1-12-20-17-13(4-2-6-15(17)23-12)5-3-9-22-10-7-14-16(8-11-22)24-18(19)21-14/h2-6H,7-11H2,1H3,(H2,19,21)/b5-3+. The third-order valence-electron chi connectivity index (χ3n) is 4.33. The average molecular weight is 340 g/mol. The first-order valence-corrected chi connectivity index (χ1v) is 9.00. The minimum atomic E-state index is 0.698. The predicted molar refractivity (Wildman–Crippen MR) is 98.2 cm³/mol. The molecule has 4 rings (SSSR count). The Morgan fingerprint density at radius 3 is 3.08 bits per heavy atom. The van der Waals surface area contributed by atoms with Gasteiger partial charge in [-0.15, -0.1) is 11.3 Å². The number of hydrogen-bond donors (Lipinski definition) is 1. The Labute approximate surface area is 144 Å². The smallest absolute Gasteiger partial charge is 0.192 e. The van der Waals surface area contributed by atoms with Gasteiger partial charge in [0.1, 0.15) is 5.52 Å². The van der Waals surface area contributed by atoms with Crippen LogP contribution in [0.5, 0.6) is 0 Å². The number of para-hydroxylation sites is 1. The van der Waals surface area contributed by atoms with Crippen LogP contribution in [0, 0.1) is 6.92 Å². The summed E-state index contributed by atoms with van der Waals surface area (Å²) in [5.41, 5.74) is 9.88. The Hall–Kier alpha value is -2.18. The molecular formula is C18H20N4OS. The average Bonchev–Trinajstić information content (AvgIpc) is 3.06. The first-order chi connectivity index (χ1) is 11.7. The lowest BCUT2D eigenvalue weighted by Crippen LogP contribution is -2.26. The maximum atomic E-state index is 5.80. The van der Waals surface area contributed by atoms with Crippen LogP contribution in [0.4, 0.5) is 5.13 Å². The highest BCUT2D eigenvalue weighted by Gasteiger charge is 2.16. The number of nitrogen functional groups attached to an aromatic ring is 1. The number of nitrogens with zero attached hydrogens (tertiary/aromatic N) is 3. The van der Waals surface area contributed by atoms with Gasteiger partial charge in [0, 0.05) is 43.4 Å². The van der Waals surface area contributed by atoms with E-state index in [1.807, 2.05) is 19.1 Å². The molecule has 24 heavy (non-hydrogen) atoms. The molecule has 0 radical (unpaired) electrons. The number of thiazole rings is 1. The molecule has 2 N–H and O–H groups in total. The number of fused-ring (bicyclic) bond motifs is 2. The molecule has 0 saturated heterocycles. The molecule has 3 aromatic rings. The largest absolute Gasteiger partial charge is 0.441 e. The van der Waals surface area contributed by atoms with Gasteiger partial charge in [-0.25, -0.2) is 9.97 Å². The highest BCUT2D eigenvalue weighted by atomic mass is 32.1. The summed E-state index contributed by atoms with van der Waals surface area (Å²) < 4.78 is 5.59. The van der Waals surface area contributed by atoms with Crippen molar-refractivity contribution in [1.82, 2.24) is 14.9 Å². The third kappa shape index (κ3) is 3.07. The van der Waals surface area contributed by atoms with E-state index in [2.05, 4.69) is 33.1 Å². The lowest BCUT2D eigenvalue weighted by atomic mass is 10.2. The zero-order valence-electron chi connectivity index (χ0n) is 13.7. The lowest BCUT2D eigenvalue weighted by Gasteiger charge is -2.17. The zero-order valence-corrected chi connectivity index (χ0v) is 14.5. The molecule has 1 aliphatic rings. The van der Waals surface area contributed by atoms with Crippen LogP contribution in [-0.2, 0) is 12.8 Å². The van der Waals surface area contributed by atoms with Crippen molar-refractivity contribution in [2.75, 3.05) is 25.4 Å². The highest BCUT2D eigenvalue weighted by Crippen LogP contribution is 2.24. The van der Waals surface area contributed by atoms with Crippen molar-refractivity contribution in [3.05, 3.63) is 46.3 Å². The SMILES string of the molecule is Cc1nc2c(/C=C/CN3CCc4nc(N)sc4CC3)cccc2o1. The van der Waals surface area contributed by atoms with Gasteiger partial charge in [0.15, 0.2) is 16.6 Å². The van der Waals surface area contributed by atoms with E-state index < -0.39 is 0 Å². The van der Waals surface area contributed by atoms with Gasteiger partial charge in [0.25, 0.3) is 0 Å². The van der Waals surface area contributed by atoms with Gasteiger partial charge in [-0.1, -0.05) is 24.3 Å². The van der Waals surface area contributed by atoms with E-state index in [-0.39, 0.29) is 0 Å². The monoisotopic (exact) mass is 340 g/mol. The van der Waals surface area contributed by atoms with Gasteiger partial charge in [-0.3, -0.25) is 4.90 Å². The van der Waals surface area contributed by atoms with Gasteiger partial charge in [0.05, 0.1) is 5.69 Å². The van der Waals surface area contributed by atoms with Crippen molar-refractivity contribution in [2.45, 2.75) is 19.8 Å². The van der Waals surface area contributed by atoms with Crippen LogP contribution in [0.2, 0.25) is 0 Å². The molecule has 1 aromatic carbocycles. The Bertz CT molecular complexity index is 870. The molecule has 0 atom stereocenters. The molecule has 0 spiro atoms. The van der Waals surface area contributed by atoms with Crippen molar-refractivity contribution in [1.29, 1.82) is 0 Å². The van der Waals surface area contributed by atoms with E-state index in [0.29, 0.717) is 11.0 Å². The minimum Gasteiger partial charge on any atom is -0.441 e. The molecule has 0 saturated carbocycles.